The molecular weight excluding hydrogens is 399 g/mol. The second-order valence-electron chi connectivity index (χ2n) is 7.36. The fraction of sp³-hybridized carbons (Fsp3) is 0.348. The van der Waals surface area contributed by atoms with Gasteiger partial charge in [-0.3, -0.25) is 4.79 Å². The lowest BCUT2D eigenvalue weighted by Gasteiger charge is -2.27. The number of carbonyl (C=O) groups is 1. The molecule has 0 spiro atoms. The van der Waals surface area contributed by atoms with E-state index >= 15 is 0 Å². The van der Waals surface area contributed by atoms with Gasteiger partial charge in [0.05, 0.1) is 26.0 Å². The first-order valence-electron chi connectivity index (χ1n) is 10.3. The Kier molecular flexibility index (Phi) is 6.16. The number of imidazole rings is 1. The van der Waals surface area contributed by atoms with Gasteiger partial charge in [0.25, 0.3) is 0 Å². The molecule has 1 unspecified atom stereocenters. The molecular formula is C23H25FN4O3. The Morgan fingerprint density at radius 1 is 1.35 bits per heavy atom. The maximum absolute atomic E-state index is 14.4. The predicted octanol–water partition coefficient (Wildman–Crippen LogP) is 3.69. The van der Waals surface area contributed by atoms with E-state index in [1.54, 1.807) is 18.3 Å². The molecule has 7 nitrogen and oxygen atoms in total. The van der Waals surface area contributed by atoms with E-state index in [0.29, 0.717) is 48.7 Å². The minimum Gasteiger partial charge on any atom is -0.493 e. The molecule has 2 aromatic heterocycles. The van der Waals surface area contributed by atoms with E-state index in [2.05, 4.69) is 15.3 Å². The number of aromatic nitrogens is 3. The number of amides is 1. The van der Waals surface area contributed by atoms with Crippen LogP contribution in [-0.4, -0.2) is 34.2 Å². The number of benzene rings is 1. The Morgan fingerprint density at radius 3 is 3.03 bits per heavy atom. The van der Waals surface area contributed by atoms with Crippen LogP contribution in [0.25, 0.3) is 11.1 Å². The van der Waals surface area contributed by atoms with Crippen molar-refractivity contribution < 1.29 is 18.7 Å². The number of hydrogen-bond acceptors (Lipinski definition) is 5. The summed E-state index contributed by atoms with van der Waals surface area (Å²) in [6.07, 6.45) is 6.60. The average molecular weight is 424 g/mol. The molecule has 1 aromatic carbocycles. The van der Waals surface area contributed by atoms with Crippen molar-refractivity contribution in [2.45, 2.75) is 38.8 Å². The summed E-state index contributed by atoms with van der Waals surface area (Å²) in [5.74, 6) is 1.51. The fourth-order valence-corrected chi connectivity index (χ4v) is 3.81. The highest BCUT2D eigenvalue weighted by Crippen LogP contribution is 2.36. The third kappa shape index (κ3) is 4.52. The quantitative estimate of drug-likeness (QED) is 0.626. The average Bonchev–Trinajstić information content (AvgIpc) is 3.26. The Morgan fingerprint density at radius 2 is 2.23 bits per heavy atom. The molecule has 162 valence electrons. The molecule has 1 aliphatic heterocycles. The second-order valence-corrected chi connectivity index (χ2v) is 7.36. The molecule has 0 aliphatic carbocycles. The zero-order valence-electron chi connectivity index (χ0n) is 17.6. The zero-order valence-corrected chi connectivity index (χ0v) is 17.6. The molecule has 0 fully saturated rings. The number of halogens is 1. The summed E-state index contributed by atoms with van der Waals surface area (Å²) in [5.41, 5.74) is 1.90. The van der Waals surface area contributed by atoms with E-state index in [1.165, 1.54) is 7.11 Å². The summed E-state index contributed by atoms with van der Waals surface area (Å²) < 4.78 is 27.3. The molecule has 1 aliphatic rings. The monoisotopic (exact) mass is 424 g/mol. The topological polar surface area (TPSA) is 78.3 Å². The van der Waals surface area contributed by atoms with Crippen LogP contribution in [0.2, 0.25) is 0 Å². The number of fused-ring (bicyclic) bond motifs is 1. The van der Waals surface area contributed by atoms with Gasteiger partial charge in [0.1, 0.15) is 17.4 Å². The molecule has 1 N–H and O–H groups in total. The van der Waals surface area contributed by atoms with Gasteiger partial charge in [-0.15, -0.1) is 0 Å². The summed E-state index contributed by atoms with van der Waals surface area (Å²) in [7, 11) is 1.49. The van der Waals surface area contributed by atoms with Crippen molar-refractivity contribution in [3.05, 3.63) is 60.1 Å². The summed E-state index contributed by atoms with van der Waals surface area (Å²) >= 11 is 0. The number of methoxy groups -OCH3 is 1. The first kappa shape index (κ1) is 20.8. The van der Waals surface area contributed by atoms with E-state index in [1.807, 2.05) is 29.8 Å². The standard InChI is InChI=1S/C23H25FN4O3/c1-3-21-25-8-10-28(21)9-6-22(29)27-19-7-11-31-20-5-4-15(12-17(19)20)16-13-23(30-2)26-14-18(16)24/h4-5,8,10,12-14,19H,3,6-7,9,11H2,1-2H3,(H,27,29). The largest absolute Gasteiger partial charge is 0.493 e. The highest BCUT2D eigenvalue weighted by Gasteiger charge is 2.24. The van der Waals surface area contributed by atoms with Crippen LogP contribution in [0.15, 0.2) is 42.9 Å². The van der Waals surface area contributed by atoms with Gasteiger partial charge in [0, 0.05) is 55.4 Å². The first-order valence-corrected chi connectivity index (χ1v) is 10.3. The summed E-state index contributed by atoms with van der Waals surface area (Å²) in [6, 6.07) is 6.84. The van der Waals surface area contributed by atoms with Crippen molar-refractivity contribution in [3.63, 3.8) is 0 Å². The Labute approximate surface area is 180 Å². The molecule has 0 saturated carbocycles. The smallest absolute Gasteiger partial charge is 0.222 e. The molecule has 8 heteroatoms. The number of nitrogens with zero attached hydrogens (tertiary/aromatic N) is 3. The van der Waals surface area contributed by atoms with Crippen LogP contribution in [-0.2, 0) is 17.8 Å². The van der Waals surface area contributed by atoms with Crippen molar-refractivity contribution in [2.75, 3.05) is 13.7 Å². The Hall–Kier alpha value is -3.42. The molecule has 3 heterocycles. The molecule has 1 amide bonds. The van der Waals surface area contributed by atoms with Gasteiger partial charge in [0.2, 0.25) is 11.8 Å². The number of rotatable bonds is 7. The Bertz CT molecular complexity index is 1080. The van der Waals surface area contributed by atoms with E-state index in [4.69, 9.17) is 9.47 Å². The molecule has 0 radical (unpaired) electrons. The molecule has 31 heavy (non-hydrogen) atoms. The lowest BCUT2D eigenvalue weighted by Crippen LogP contribution is -2.32. The van der Waals surface area contributed by atoms with Gasteiger partial charge in [0.15, 0.2) is 0 Å². The normalized spacial score (nSPS) is 15.1. The van der Waals surface area contributed by atoms with Gasteiger partial charge in [-0.25, -0.2) is 14.4 Å². The summed E-state index contributed by atoms with van der Waals surface area (Å²) in [5, 5.41) is 3.11. The summed E-state index contributed by atoms with van der Waals surface area (Å²) in [6.45, 7) is 3.13. The molecule has 3 aromatic rings. The van der Waals surface area contributed by atoms with Gasteiger partial charge in [-0.1, -0.05) is 13.0 Å². The minimum atomic E-state index is -0.440. The van der Waals surface area contributed by atoms with Gasteiger partial charge < -0.3 is 19.4 Å². The van der Waals surface area contributed by atoms with Crippen molar-refractivity contribution in [1.29, 1.82) is 0 Å². The van der Waals surface area contributed by atoms with Gasteiger partial charge in [-0.05, 0) is 17.7 Å². The number of hydrogen-bond donors (Lipinski definition) is 1. The summed E-state index contributed by atoms with van der Waals surface area (Å²) in [4.78, 5) is 20.8. The van der Waals surface area contributed by atoms with Crippen LogP contribution in [0.3, 0.4) is 0 Å². The highest BCUT2D eigenvalue weighted by atomic mass is 19.1. The number of nitrogens with one attached hydrogen (secondary N) is 1. The molecule has 0 saturated heterocycles. The third-order valence-corrected chi connectivity index (χ3v) is 5.43. The van der Waals surface area contributed by atoms with Crippen molar-refractivity contribution in [1.82, 2.24) is 19.9 Å². The van der Waals surface area contributed by atoms with Crippen LogP contribution in [0.4, 0.5) is 4.39 Å². The second kappa shape index (κ2) is 9.16. The molecule has 0 bridgehead atoms. The molecule has 4 rings (SSSR count). The van der Waals surface area contributed by atoms with Crippen molar-refractivity contribution >= 4 is 5.91 Å². The van der Waals surface area contributed by atoms with Crippen molar-refractivity contribution in [2.24, 2.45) is 0 Å². The lowest BCUT2D eigenvalue weighted by atomic mass is 9.95. The van der Waals surface area contributed by atoms with E-state index in [9.17, 15) is 9.18 Å². The lowest BCUT2D eigenvalue weighted by molar-refractivity contribution is -0.122. The van der Waals surface area contributed by atoms with E-state index in [0.717, 1.165) is 24.0 Å². The van der Waals surface area contributed by atoms with Crippen LogP contribution in [0.1, 0.15) is 37.2 Å². The van der Waals surface area contributed by atoms with Gasteiger partial charge in [-0.2, -0.15) is 0 Å². The SMILES string of the molecule is CCc1nccn1CCC(=O)NC1CCOc2ccc(-c3cc(OC)ncc3F)cc21. The maximum Gasteiger partial charge on any atom is 0.222 e. The predicted molar refractivity (Wildman–Crippen MR) is 113 cm³/mol. The first-order chi connectivity index (χ1) is 15.1. The number of pyridine rings is 1. The third-order valence-electron chi connectivity index (χ3n) is 5.43. The zero-order chi connectivity index (χ0) is 21.8. The van der Waals surface area contributed by atoms with Gasteiger partial charge >= 0.3 is 0 Å². The molecule has 1 atom stereocenters. The van der Waals surface area contributed by atoms with Crippen LogP contribution in [0.5, 0.6) is 11.6 Å². The number of ether oxygens (including phenoxy) is 2. The number of carbonyl (C=O) groups excluding carboxylic acids is 1. The fourth-order valence-electron chi connectivity index (χ4n) is 3.81. The maximum atomic E-state index is 14.4. The highest BCUT2D eigenvalue weighted by molar-refractivity contribution is 5.77. The van der Waals surface area contributed by atoms with Crippen LogP contribution >= 0.6 is 0 Å². The minimum absolute atomic E-state index is 0.0456. The van der Waals surface area contributed by atoms with E-state index < -0.39 is 5.82 Å². The van der Waals surface area contributed by atoms with Crippen LogP contribution in [0, 0.1) is 5.82 Å². The Balaban J connectivity index is 1.52. The van der Waals surface area contributed by atoms with E-state index in [-0.39, 0.29) is 11.9 Å². The number of aryl methyl sites for hydroxylation is 2. The van der Waals surface area contributed by atoms with Crippen molar-refractivity contribution in [3.8, 4) is 22.8 Å². The van der Waals surface area contributed by atoms with Crippen LogP contribution < -0.4 is 14.8 Å².